The molecule has 30 heavy (non-hydrogen) atoms. The van der Waals surface area contributed by atoms with Gasteiger partial charge < -0.3 is 15.5 Å². The zero-order valence-corrected chi connectivity index (χ0v) is 19.8. The Morgan fingerprint density at radius 2 is 1.97 bits per heavy atom. The fourth-order valence-corrected chi connectivity index (χ4v) is 4.27. The molecule has 162 valence electrons. The number of aliphatic imine (C=N–C) groups is 1. The lowest BCUT2D eigenvalue weighted by atomic mass is 10.1. The van der Waals surface area contributed by atoms with Gasteiger partial charge in [0.25, 0.3) is 0 Å². The van der Waals surface area contributed by atoms with Gasteiger partial charge in [0, 0.05) is 51.0 Å². The molecule has 1 aromatic heterocycles. The number of rotatable bonds is 5. The van der Waals surface area contributed by atoms with Crippen LogP contribution in [-0.2, 0) is 11.3 Å². The minimum absolute atomic E-state index is 0. The average molecular weight is 522 g/mol. The molecule has 2 aromatic rings. The predicted octanol–water partition coefficient (Wildman–Crippen LogP) is 2.95. The van der Waals surface area contributed by atoms with Crippen molar-refractivity contribution in [2.75, 3.05) is 20.1 Å². The van der Waals surface area contributed by atoms with Gasteiger partial charge in [-0.05, 0) is 43.0 Å². The van der Waals surface area contributed by atoms with Gasteiger partial charge in [0.2, 0.25) is 5.91 Å². The van der Waals surface area contributed by atoms with Crippen molar-refractivity contribution in [1.29, 1.82) is 0 Å². The summed E-state index contributed by atoms with van der Waals surface area (Å²) in [6.07, 6.45) is 9.21. The Morgan fingerprint density at radius 1 is 1.20 bits per heavy atom. The Labute approximate surface area is 195 Å². The molecule has 1 unspecified atom stereocenters. The lowest BCUT2D eigenvalue weighted by molar-refractivity contribution is -0.134. The zero-order chi connectivity index (χ0) is 20.1. The summed E-state index contributed by atoms with van der Waals surface area (Å²) in [6.45, 7) is 2.31. The molecule has 1 aromatic carbocycles. The molecule has 7 nitrogen and oxygen atoms in total. The van der Waals surface area contributed by atoms with Crippen LogP contribution in [0.4, 0.5) is 0 Å². The van der Waals surface area contributed by atoms with Gasteiger partial charge >= 0.3 is 0 Å². The lowest BCUT2D eigenvalue weighted by Gasteiger charge is -2.21. The summed E-state index contributed by atoms with van der Waals surface area (Å²) in [5.41, 5.74) is 2.22. The molecule has 1 saturated heterocycles. The minimum atomic E-state index is 0. The molecule has 2 fully saturated rings. The van der Waals surface area contributed by atoms with Crippen LogP contribution in [0.15, 0.2) is 47.7 Å². The maximum atomic E-state index is 12.6. The number of hydrogen-bond donors (Lipinski definition) is 2. The highest BCUT2D eigenvalue weighted by Crippen LogP contribution is 2.27. The van der Waals surface area contributed by atoms with Crippen molar-refractivity contribution in [3.05, 3.63) is 48.3 Å². The number of carbonyl (C=O) groups excluding carboxylic acids is 1. The van der Waals surface area contributed by atoms with E-state index in [1.165, 1.54) is 18.4 Å². The number of halogens is 1. The van der Waals surface area contributed by atoms with Crippen molar-refractivity contribution in [3.63, 3.8) is 0 Å². The zero-order valence-electron chi connectivity index (χ0n) is 17.5. The highest BCUT2D eigenvalue weighted by atomic mass is 127. The summed E-state index contributed by atoms with van der Waals surface area (Å²) in [5.74, 6) is 1.39. The molecule has 1 atom stereocenters. The van der Waals surface area contributed by atoms with Gasteiger partial charge in [-0.2, -0.15) is 5.10 Å². The lowest BCUT2D eigenvalue weighted by Crippen LogP contribution is -2.45. The van der Waals surface area contributed by atoms with Gasteiger partial charge in [-0.25, -0.2) is 4.68 Å². The van der Waals surface area contributed by atoms with E-state index in [0.29, 0.717) is 12.5 Å². The van der Waals surface area contributed by atoms with E-state index in [4.69, 9.17) is 0 Å². The molecule has 2 heterocycles. The van der Waals surface area contributed by atoms with Crippen molar-refractivity contribution in [2.45, 2.75) is 44.7 Å². The average Bonchev–Trinajstić information content (AvgIpc) is 3.53. The van der Waals surface area contributed by atoms with E-state index in [2.05, 4.69) is 45.0 Å². The first-order valence-corrected chi connectivity index (χ1v) is 10.6. The maximum Gasteiger partial charge on any atom is 0.225 e. The molecule has 2 N–H and O–H groups in total. The van der Waals surface area contributed by atoms with Gasteiger partial charge in [0.1, 0.15) is 0 Å². The first-order chi connectivity index (χ1) is 14.2. The van der Waals surface area contributed by atoms with Crippen LogP contribution in [0.1, 0.15) is 37.7 Å². The Kier molecular flexibility index (Phi) is 8.12. The summed E-state index contributed by atoms with van der Waals surface area (Å²) < 4.78 is 1.84. The number of nitrogens with one attached hydrogen (secondary N) is 2. The minimum Gasteiger partial charge on any atom is -0.352 e. The van der Waals surface area contributed by atoms with Gasteiger partial charge in [0.05, 0.1) is 5.69 Å². The summed E-state index contributed by atoms with van der Waals surface area (Å²) in [4.78, 5) is 19.0. The molecule has 0 spiro atoms. The number of likely N-dealkylation sites (tertiary alicyclic amines) is 1. The predicted molar refractivity (Wildman–Crippen MR) is 129 cm³/mol. The first-order valence-electron chi connectivity index (χ1n) is 10.6. The van der Waals surface area contributed by atoms with Gasteiger partial charge in [-0.15, -0.1) is 24.0 Å². The molecular weight excluding hydrogens is 491 g/mol. The molecular formula is C22H31IN6O. The third-order valence-electron chi connectivity index (χ3n) is 5.93. The Morgan fingerprint density at radius 3 is 2.63 bits per heavy atom. The van der Waals surface area contributed by atoms with Crippen LogP contribution in [0.5, 0.6) is 0 Å². The van der Waals surface area contributed by atoms with Crippen molar-refractivity contribution < 1.29 is 4.79 Å². The first kappa shape index (κ1) is 22.6. The third-order valence-corrected chi connectivity index (χ3v) is 5.93. The highest BCUT2D eigenvalue weighted by Gasteiger charge is 2.32. The molecule has 2 aliphatic rings. The number of aromatic nitrogens is 2. The normalized spacial score (nSPS) is 19.6. The van der Waals surface area contributed by atoms with Crippen molar-refractivity contribution in [2.24, 2.45) is 10.9 Å². The molecule has 1 amide bonds. The Bertz CT molecular complexity index is 830. The third kappa shape index (κ3) is 5.53. The fraction of sp³-hybridized carbons (Fsp3) is 0.500. The number of guanidine groups is 1. The second-order valence-electron chi connectivity index (χ2n) is 7.94. The van der Waals surface area contributed by atoms with Gasteiger partial charge in [-0.1, -0.05) is 25.0 Å². The van der Waals surface area contributed by atoms with Gasteiger partial charge in [-0.3, -0.25) is 9.79 Å². The molecule has 1 saturated carbocycles. The van der Waals surface area contributed by atoms with Crippen molar-refractivity contribution in [3.8, 4) is 5.69 Å². The van der Waals surface area contributed by atoms with E-state index in [-0.39, 0.29) is 35.9 Å². The molecule has 8 heteroatoms. The van der Waals surface area contributed by atoms with Crippen LogP contribution in [0.25, 0.3) is 5.69 Å². The Balaban J connectivity index is 0.00000256. The summed E-state index contributed by atoms with van der Waals surface area (Å²) >= 11 is 0. The number of hydrogen-bond acceptors (Lipinski definition) is 3. The van der Waals surface area contributed by atoms with Gasteiger partial charge in [0.15, 0.2) is 5.96 Å². The van der Waals surface area contributed by atoms with Crippen LogP contribution in [0.2, 0.25) is 0 Å². The fourth-order valence-electron chi connectivity index (χ4n) is 4.27. The van der Waals surface area contributed by atoms with Crippen molar-refractivity contribution in [1.82, 2.24) is 25.3 Å². The summed E-state index contributed by atoms with van der Waals surface area (Å²) in [7, 11) is 1.78. The molecule has 1 aliphatic heterocycles. The standard InChI is InChI=1S/C22H30N6O.HI/c1-23-22(24-15-17-7-9-20(10-8-17)28-13-4-12-25-28)26-19-11-14-27(16-19)21(29)18-5-2-3-6-18;/h4,7-10,12-13,18-19H,2-3,5-6,11,14-16H2,1H3,(H2,23,24,26);1H. The largest absolute Gasteiger partial charge is 0.352 e. The second kappa shape index (κ2) is 10.8. The van der Waals surface area contributed by atoms with E-state index in [1.54, 1.807) is 13.2 Å². The molecule has 0 radical (unpaired) electrons. The Hall–Kier alpha value is -2.10. The smallest absolute Gasteiger partial charge is 0.225 e. The van der Waals surface area contributed by atoms with E-state index in [0.717, 1.165) is 44.0 Å². The van der Waals surface area contributed by atoms with Crippen LogP contribution in [-0.4, -0.2) is 52.7 Å². The van der Waals surface area contributed by atoms with Crippen LogP contribution in [0.3, 0.4) is 0 Å². The SMILES string of the molecule is CN=C(NCc1ccc(-n2cccn2)cc1)NC1CCN(C(=O)C2CCCC2)C1.I. The van der Waals surface area contributed by atoms with E-state index in [1.807, 2.05) is 21.8 Å². The number of nitrogens with zero attached hydrogens (tertiary/aromatic N) is 4. The molecule has 4 rings (SSSR count). The molecule has 0 bridgehead atoms. The van der Waals surface area contributed by atoms with Crippen LogP contribution in [0, 0.1) is 5.92 Å². The number of benzene rings is 1. The summed E-state index contributed by atoms with van der Waals surface area (Å²) in [5, 5.41) is 11.1. The van der Waals surface area contributed by atoms with Crippen molar-refractivity contribution >= 4 is 35.8 Å². The topological polar surface area (TPSA) is 74.6 Å². The maximum absolute atomic E-state index is 12.6. The number of amides is 1. The highest BCUT2D eigenvalue weighted by molar-refractivity contribution is 14.0. The second-order valence-corrected chi connectivity index (χ2v) is 7.94. The van der Waals surface area contributed by atoms with E-state index < -0.39 is 0 Å². The van der Waals surface area contributed by atoms with Crippen LogP contribution < -0.4 is 10.6 Å². The summed E-state index contributed by atoms with van der Waals surface area (Å²) in [6, 6.07) is 10.5. The quantitative estimate of drug-likeness (QED) is 0.360. The number of carbonyl (C=O) groups is 1. The molecule has 1 aliphatic carbocycles. The van der Waals surface area contributed by atoms with E-state index in [9.17, 15) is 4.79 Å². The monoisotopic (exact) mass is 522 g/mol. The van der Waals surface area contributed by atoms with E-state index >= 15 is 0 Å². The van der Waals surface area contributed by atoms with Crippen LogP contribution >= 0.6 is 24.0 Å².